The number of guanidine groups is 1. The van der Waals surface area contributed by atoms with Gasteiger partial charge < -0.3 is 25.2 Å². The SMILES string of the molecule is CN=C(NCCN(C)CCCOC)NCC(C)CN1CCCCC1.I. The Bertz CT molecular complexity index is 337. The summed E-state index contributed by atoms with van der Waals surface area (Å²) in [6, 6.07) is 0. The van der Waals surface area contributed by atoms with Crippen LogP contribution in [-0.2, 0) is 4.74 Å². The Morgan fingerprint density at radius 1 is 1.20 bits per heavy atom. The van der Waals surface area contributed by atoms with Gasteiger partial charge in [0.05, 0.1) is 0 Å². The summed E-state index contributed by atoms with van der Waals surface area (Å²) < 4.78 is 5.09. The molecular weight excluding hydrogens is 429 g/mol. The molecule has 25 heavy (non-hydrogen) atoms. The van der Waals surface area contributed by atoms with Crippen molar-refractivity contribution >= 4 is 29.9 Å². The predicted molar refractivity (Wildman–Crippen MR) is 118 cm³/mol. The number of piperidine rings is 1. The first-order valence-corrected chi connectivity index (χ1v) is 9.50. The summed E-state index contributed by atoms with van der Waals surface area (Å²) in [5, 5.41) is 6.86. The van der Waals surface area contributed by atoms with Gasteiger partial charge in [0.15, 0.2) is 5.96 Å². The molecule has 0 aliphatic carbocycles. The molecule has 1 heterocycles. The Morgan fingerprint density at radius 2 is 1.92 bits per heavy atom. The Labute approximate surface area is 172 Å². The monoisotopic (exact) mass is 469 g/mol. The summed E-state index contributed by atoms with van der Waals surface area (Å²) >= 11 is 0. The quantitative estimate of drug-likeness (QED) is 0.210. The Hall–Kier alpha value is -0.120. The van der Waals surface area contributed by atoms with Crippen LogP contribution in [0.5, 0.6) is 0 Å². The Balaban J connectivity index is 0.00000576. The number of nitrogens with one attached hydrogen (secondary N) is 2. The molecular formula is C18H40IN5O. The third kappa shape index (κ3) is 12.8. The second-order valence-corrected chi connectivity index (χ2v) is 7.00. The summed E-state index contributed by atoms with van der Waals surface area (Å²) in [5.74, 6) is 1.55. The van der Waals surface area contributed by atoms with Gasteiger partial charge in [-0.1, -0.05) is 13.3 Å². The van der Waals surface area contributed by atoms with Crippen molar-refractivity contribution in [2.75, 3.05) is 73.6 Å². The third-order valence-electron chi connectivity index (χ3n) is 4.53. The first-order valence-electron chi connectivity index (χ1n) is 9.50. The summed E-state index contributed by atoms with van der Waals surface area (Å²) in [6.07, 6.45) is 5.20. The van der Waals surface area contributed by atoms with Crippen molar-refractivity contribution in [3.63, 3.8) is 0 Å². The van der Waals surface area contributed by atoms with Crippen LogP contribution in [0.2, 0.25) is 0 Å². The largest absolute Gasteiger partial charge is 0.385 e. The molecule has 0 radical (unpaired) electrons. The maximum absolute atomic E-state index is 5.09. The van der Waals surface area contributed by atoms with E-state index in [0.29, 0.717) is 5.92 Å². The van der Waals surface area contributed by atoms with Gasteiger partial charge in [-0.25, -0.2) is 0 Å². The molecule has 2 N–H and O–H groups in total. The number of halogens is 1. The van der Waals surface area contributed by atoms with Gasteiger partial charge in [0, 0.05) is 53.5 Å². The molecule has 0 aromatic rings. The van der Waals surface area contributed by atoms with E-state index < -0.39 is 0 Å². The predicted octanol–water partition coefficient (Wildman–Crippen LogP) is 1.86. The molecule has 0 aromatic carbocycles. The molecule has 0 amide bonds. The minimum absolute atomic E-state index is 0. The highest BCUT2D eigenvalue weighted by molar-refractivity contribution is 14.0. The average molecular weight is 469 g/mol. The highest BCUT2D eigenvalue weighted by Crippen LogP contribution is 2.10. The molecule has 1 fully saturated rings. The van der Waals surface area contributed by atoms with E-state index in [4.69, 9.17) is 4.74 Å². The van der Waals surface area contributed by atoms with E-state index in [9.17, 15) is 0 Å². The van der Waals surface area contributed by atoms with Crippen LogP contribution in [0.3, 0.4) is 0 Å². The normalized spacial score (nSPS) is 17.2. The first-order chi connectivity index (χ1) is 11.7. The van der Waals surface area contributed by atoms with Crippen molar-refractivity contribution < 1.29 is 4.74 Å². The van der Waals surface area contributed by atoms with Crippen LogP contribution in [0.4, 0.5) is 0 Å². The van der Waals surface area contributed by atoms with Crippen LogP contribution in [0.25, 0.3) is 0 Å². The van der Waals surface area contributed by atoms with Gasteiger partial charge in [0.2, 0.25) is 0 Å². The summed E-state index contributed by atoms with van der Waals surface area (Å²) in [4.78, 5) is 9.24. The second-order valence-electron chi connectivity index (χ2n) is 7.00. The molecule has 1 atom stereocenters. The third-order valence-corrected chi connectivity index (χ3v) is 4.53. The smallest absolute Gasteiger partial charge is 0.191 e. The zero-order valence-corrected chi connectivity index (χ0v) is 19.1. The Morgan fingerprint density at radius 3 is 2.56 bits per heavy atom. The van der Waals surface area contributed by atoms with Gasteiger partial charge in [0.1, 0.15) is 0 Å². The molecule has 1 saturated heterocycles. The van der Waals surface area contributed by atoms with Crippen LogP contribution >= 0.6 is 24.0 Å². The highest BCUT2D eigenvalue weighted by Gasteiger charge is 2.13. The lowest BCUT2D eigenvalue weighted by atomic mass is 10.1. The van der Waals surface area contributed by atoms with Crippen molar-refractivity contribution in [2.24, 2.45) is 10.9 Å². The van der Waals surface area contributed by atoms with E-state index in [2.05, 4.69) is 39.4 Å². The fourth-order valence-corrected chi connectivity index (χ4v) is 3.09. The fourth-order valence-electron chi connectivity index (χ4n) is 3.09. The first kappa shape index (κ1) is 24.9. The summed E-state index contributed by atoms with van der Waals surface area (Å²) in [6.45, 7) is 10.8. The maximum Gasteiger partial charge on any atom is 0.191 e. The van der Waals surface area contributed by atoms with E-state index in [1.165, 1.54) is 38.9 Å². The number of likely N-dealkylation sites (tertiary alicyclic amines) is 1. The van der Waals surface area contributed by atoms with E-state index in [0.717, 1.165) is 45.2 Å². The van der Waals surface area contributed by atoms with Crippen molar-refractivity contribution in [2.45, 2.75) is 32.6 Å². The molecule has 7 heteroatoms. The molecule has 1 rings (SSSR count). The molecule has 150 valence electrons. The molecule has 0 bridgehead atoms. The maximum atomic E-state index is 5.09. The zero-order chi connectivity index (χ0) is 17.6. The van der Waals surface area contributed by atoms with Crippen LogP contribution in [-0.4, -0.2) is 89.4 Å². The molecule has 0 spiro atoms. The summed E-state index contributed by atoms with van der Waals surface area (Å²) in [7, 11) is 5.74. The van der Waals surface area contributed by atoms with Gasteiger partial charge in [0.25, 0.3) is 0 Å². The van der Waals surface area contributed by atoms with Crippen LogP contribution in [0.15, 0.2) is 4.99 Å². The average Bonchev–Trinajstić information content (AvgIpc) is 2.59. The molecule has 1 aliphatic heterocycles. The van der Waals surface area contributed by atoms with E-state index >= 15 is 0 Å². The number of ether oxygens (including phenoxy) is 1. The van der Waals surface area contributed by atoms with Gasteiger partial charge in [-0.2, -0.15) is 0 Å². The van der Waals surface area contributed by atoms with Gasteiger partial charge >= 0.3 is 0 Å². The van der Waals surface area contributed by atoms with Crippen LogP contribution < -0.4 is 10.6 Å². The number of aliphatic imine (C=N–C) groups is 1. The van der Waals surface area contributed by atoms with Gasteiger partial charge in [-0.05, 0) is 45.3 Å². The summed E-state index contributed by atoms with van der Waals surface area (Å²) in [5.41, 5.74) is 0. The number of likely N-dealkylation sites (N-methyl/N-ethyl adjacent to an activating group) is 1. The lowest BCUT2D eigenvalue weighted by molar-refractivity contribution is 0.180. The second kappa shape index (κ2) is 16.1. The number of hydrogen-bond donors (Lipinski definition) is 2. The lowest BCUT2D eigenvalue weighted by Gasteiger charge is -2.29. The Kier molecular flexibility index (Phi) is 16.0. The minimum atomic E-state index is 0. The van der Waals surface area contributed by atoms with Crippen LogP contribution in [0.1, 0.15) is 32.6 Å². The van der Waals surface area contributed by atoms with E-state index in [1.807, 2.05) is 7.05 Å². The molecule has 0 aromatic heterocycles. The molecule has 1 unspecified atom stereocenters. The van der Waals surface area contributed by atoms with Crippen molar-refractivity contribution in [1.82, 2.24) is 20.4 Å². The van der Waals surface area contributed by atoms with Gasteiger partial charge in [-0.3, -0.25) is 4.99 Å². The highest BCUT2D eigenvalue weighted by atomic mass is 127. The number of nitrogens with zero attached hydrogens (tertiary/aromatic N) is 3. The zero-order valence-electron chi connectivity index (χ0n) is 16.7. The lowest BCUT2D eigenvalue weighted by Crippen LogP contribution is -2.44. The fraction of sp³-hybridized carbons (Fsp3) is 0.944. The topological polar surface area (TPSA) is 52.1 Å². The van der Waals surface area contributed by atoms with Gasteiger partial charge in [-0.15, -0.1) is 24.0 Å². The molecule has 6 nitrogen and oxygen atoms in total. The van der Waals surface area contributed by atoms with Crippen LogP contribution in [0, 0.1) is 5.92 Å². The molecule has 1 aliphatic rings. The van der Waals surface area contributed by atoms with Crippen molar-refractivity contribution in [3.8, 4) is 0 Å². The number of methoxy groups -OCH3 is 1. The number of hydrogen-bond acceptors (Lipinski definition) is 4. The number of rotatable bonds is 11. The van der Waals surface area contributed by atoms with E-state index in [-0.39, 0.29) is 24.0 Å². The minimum Gasteiger partial charge on any atom is -0.385 e. The van der Waals surface area contributed by atoms with Crippen molar-refractivity contribution in [1.29, 1.82) is 0 Å². The van der Waals surface area contributed by atoms with Crippen molar-refractivity contribution in [3.05, 3.63) is 0 Å². The molecule has 0 saturated carbocycles. The van der Waals surface area contributed by atoms with E-state index in [1.54, 1.807) is 7.11 Å². The standard InChI is InChI=1S/C18H39N5O.HI/c1-17(16-23-11-6-5-7-12-23)15-21-18(19-2)20-9-13-22(3)10-8-14-24-4;/h17H,5-16H2,1-4H3,(H2,19,20,21);1H.